The van der Waals surface area contributed by atoms with Gasteiger partial charge in [-0.2, -0.15) is 18.4 Å². The Morgan fingerprint density at radius 1 is 1.12 bits per heavy atom. The van der Waals surface area contributed by atoms with E-state index in [2.05, 4.69) is 20.9 Å². The fourth-order valence-electron chi connectivity index (χ4n) is 3.90. The molecule has 0 unspecified atom stereocenters. The highest BCUT2D eigenvalue weighted by Crippen LogP contribution is 2.33. The van der Waals surface area contributed by atoms with E-state index in [4.69, 9.17) is 5.26 Å². The van der Waals surface area contributed by atoms with E-state index < -0.39 is 23.3 Å². The summed E-state index contributed by atoms with van der Waals surface area (Å²) in [7, 11) is 0. The van der Waals surface area contributed by atoms with Crippen LogP contribution in [0.15, 0.2) is 48.8 Å². The number of benzene rings is 1. The second kappa shape index (κ2) is 10.1. The minimum Gasteiger partial charge on any atom is -0.337 e. The normalized spacial score (nSPS) is 14.9. The summed E-state index contributed by atoms with van der Waals surface area (Å²) in [4.78, 5) is 24.4. The van der Waals surface area contributed by atoms with Gasteiger partial charge in [-0.25, -0.2) is 4.98 Å². The molecule has 1 fully saturated rings. The van der Waals surface area contributed by atoms with Gasteiger partial charge in [-0.05, 0) is 36.2 Å². The summed E-state index contributed by atoms with van der Waals surface area (Å²) < 4.78 is 41.0. The van der Waals surface area contributed by atoms with Crippen LogP contribution >= 0.6 is 12.4 Å². The predicted octanol–water partition coefficient (Wildman–Crippen LogP) is 4.29. The van der Waals surface area contributed by atoms with E-state index in [9.17, 15) is 18.0 Å². The molecule has 3 heterocycles. The highest BCUT2D eigenvalue weighted by Gasteiger charge is 2.38. The number of fused-ring (bicyclic) bond motifs is 1. The number of rotatable bonds is 3. The van der Waals surface area contributed by atoms with E-state index in [1.807, 2.05) is 18.2 Å². The summed E-state index contributed by atoms with van der Waals surface area (Å²) in [5, 5.41) is 9.45. The summed E-state index contributed by atoms with van der Waals surface area (Å²) in [5.74, 6) is -0.677. The first-order chi connectivity index (χ1) is 15.3. The lowest BCUT2D eigenvalue weighted by Crippen LogP contribution is -2.36. The van der Waals surface area contributed by atoms with Crippen molar-refractivity contribution in [3.8, 4) is 6.07 Å². The van der Waals surface area contributed by atoms with Crippen LogP contribution in [0.2, 0.25) is 0 Å². The van der Waals surface area contributed by atoms with Crippen molar-refractivity contribution < 1.29 is 18.0 Å². The van der Waals surface area contributed by atoms with Crippen LogP contribution in [0.5, 0.6) is 0 Å². The van der Waals surface area contributed by atoms with Crippen molar-refractivity contribution in [3.05, 3.63) is 71.2 Å². The van der Waals surface area contributed by atoms with Crippen LogP contribution in [0.4, 0.5) is 13.2 Å². The van der Waals surface area contributed by atoms with Crippen LogP contribution in [-0.2, 0) is 12.7 Å². The summed E-state index contributed by atoms with van der Waals surface area (Å²) in [6.07, 6.45) is -1.34. The summed E-state index contributed by atoms with van der Waals surface area (Å²) in [5.41, 5.74) is 0.0795. The number of nitrogens with zero attached hydrogens (tertiary/aromatic N) is 5. The minimum absolute atomic E-state index is 0. The quantitative estimate of drug-likeness (QED) is 0.565. The van der Waals surface area contributed by atoms with Crippen molar-refractivity contribution in [2.45, 2.75) is 19.1 Å². The van der Waals surface area contributed by atoms with Crippen molar-refractivity contribution >= 4 is 29.2 Å². The first-order valence-corrected chi connectivity index (χ1v) is 10.2. The molecule has 3 aromatic rings. The molecule has 10 heteroatoms. The number of halogens is 4. The fraction of sp³-hybridized carbons (Fsp3) is 0.304. The molecule has 1 amide bonds. The third kappa shape index (κ3) is 5.59. The van der Waals surface area contributed by atoms with Crippen molar-refractivity contribution in [1.82, 2.24) is 19.8 Å². The van der Waals surface area contributed by atoms with Crippen LogP contribution in [0.25, 0.3) is 10.9 Å². The molecule has 0 saturated carbocycles. The van der Waals surface area contributed by atoms with Gasteiger partial charge in [0, 0.05) is 50.5 Å². The summed E-state index contributed by atoms with van der Waals surface area (Å²) in [6, 6.07) is 12.0. The first kappa shape index (κ1) is 24.4. The molecule has 2 aromatic heterocycles. The smallest absolute Gasteiger partial charge is 0.337 e. The Morgan fingerprint density at radius 2 is 1.94 bits per heavy atom. The summed E-state index contributed by atoms with van der Waals surface area (Å²) >= 11 is 0. The molecule has 4 rings (SSSR count). The van der Waals surface area contributed by atoms with Crippen molar-refractivity contribution in [2.75, 3.05) is 26.2 Å². The van der Waals surface area contributed by atoms with Gasteiger partial charge in [-0.1, -0.05) is 12.1 Å². The Hall–Kier alpha value is -3.22. The van der Waals surface area contributed by atoms with Gasteiger partial charge in [0.15, 0.2) is 5.69 Å². The monoisotopic (exact) mass is 475 g/mol. The third-order valence-electron chi connectivity index (χ3n) is 5.45. The van der Waals surface area contributed by atoms with Gasteiger partial charge in [0.25, 0.3) is 5.91 Å². The Morgan fingerprint density at radius 3 is 2.70 bits per heavy atom. The van der Waals surface area contributed by atoms with Gasteiger partial charge in [0.2, 0.25) is 0 Å². The molecule has 0 aliphatic carbocycles. The number of hydrogen-bond acceptors (Lipinski definition) is 5. The zero-order valence-corrected chi connectivity index (χ0v) is 18.4. The van der Waals surface area contributed by atoms with E-state index in [0.29, 0.717) is 50.1 Å². The van der Waals surface area contributed by atoms with Gasteiger partial charge in [-0.3, -0.25) is 14.7 Å². The number of nitriles is 1. The van der Waals surface area contributed by atoms with Crippen molar-refractivity contribution in [1.29, 1.82) is 5.26 Å². The lowest BCUT2D eigenvalue weighted by Gasteiger charge is -2.23. The molecule has 172 valence electrons. The molecule has 0 radical (unpaired) electrons. The molecule has 0 spiro atoms. The number of pyridine rings is 2. The lowest BCUT2D eigenvalue weighted by atomic mass is 10.1. The Labute approximate surface area is 195 Å². The number of alkyl halides is 3. The molecule has 0 atom stereocenters. The second-order valence-corrected chi connectivity index (χ2v) is 7.68. The fourth-order valence-corrected chi connectivity index (χ4v) is 3.90. The number of carbonyl (C=O) groups is 1. The maximum atomic E-state index is 13.7. The van der Waals surface area contributed by atoms with Gasteiger partial charge >= 0.3 is 6.18 Å². The average molecular weight is 476 g/mol. The zero-order chi connectivity index (χ0) is 22.7. The van der Waals surface area contributed by atoms with Crippen LogP contribution in [0, 0.1) is 11.3 Å². The van der Waals surface area contributed by atoms with Crippen LogP contribution in [0.1, 0.15) is 33.6 Å². The van der Waals surface area contributed by atoms with Crippen molar-refractivity contribution in [3.63, 3.8) is 0 Å². The summed E-state index contributed by atoms with van der Waals surface area (Å²) in [6.45, 7) is 2.49. The van der Waals surface area contributed by atoms with E-state index in [0.717, 1.165) is 5.56 Å². The topological polar surface area (TPSA) is 73.1 Å². The molecule has 1 saturated heterocycles. The zero-order valence-electron chi connectivity index (χ0n) is 17.5. The number of amides is 1. The highest BCUT2D eigenvalue weighted by atomic mass is 35.5. The average Bonchev–Trinajstić information content (AvgIpc) is 3.03. The minimum atomic E-state index is -4.74. The van der Waals surface area contributed by atoms with E-state index in [-0.39, 0.29) is 17.9 Å². The third-order valence-corrected chi connectivity index (χ3v) is 5.45. The number of aromatic nitrogens is 2. The molecular formula is C23H21ClF3N5O. The maximum Gasteiger partial charge on any atom is 0.434 e. The Kier molecular flexibility index (Phi) is 7.51. The van der Waals surface area contributed by atoms with Crippen molar-refractivity contribution in [2.24, 2.45) is 0 Å². The number of hydrogen-bond donors (Lipinski definition) is 0. The van der Waals surface area contributed by atoms with E-state index >= 15 is 0 Å². The molecule has 0 bridgehead atoms. The molecule has 33 heavy (non-hydrogen) atoms. The van der Waals surface area contributed by atoms with Gasteiger partial charge in [-0.15, -0.1) is 12.4 Å². The SMILES string of the molecule is Cl.N#Cc1cccc(CN2CCCN(C(=O)c3cc4cnccc4nc3C(F)(F)F)CC2)c1. The van der Waals surface area contributed by atoms with Gasteiger partial charge in [0.05, 0.1) is 22.7 Å². The van der Waals surface area contributed by atoms with E-state index in [1.54, 1.807) is 6.07 Å². The largest absolute Gasteiger partial charge is 0.434 e. The highest BCUT2D eigenvalue weighted by molar-refractivity contribution is 5.98. The first-order valence-electron chi connectivity index (χ1n) is 10.2. The molecule has 1 aromatic carbocycles. The molecule has 1 aliphatic rings. The number of carbonyl (C=O) groups excluding carboxylic acids is 1. The predicted molar refractivity (Wildman–Crippen MR) is 119 cm³/mol. The van der Waals surface area contributed by atoms with Crippen LogP contribution in [0.3, 0.4) is 0 Å². The van der Waals surface area contributed by atoms with E-state index in [1.165, 1.54) is 29.4 Å². The second-order valence-electron chi connectivity index (χ2n) is 7.68. The lowest BCUT2D eigenvalue weighted by molar-refractivity contribution is -0.141. The molecule has 1 aliphatic heterocycles. The van der Waals surface area contributed by atoms with Gasteiger partial charge in [0.1, 0.15) is 0 Å². The standard InChI is InChI=1S/C23H20F3N5O.ClH/c24-23(25,26)21-19(12-18-14-28-6-5-20(18)29-21)22(32)31-8-2-7-30(9-10-31)15-17-4-1-3-16(11-17)13-27;/h1,3-6,11-12,14H,2,7-10,15H2;1H. The Bertz CT molecular complexity index is 1190. The maximum absolute atomic E-state index is 13.7. The van der Waals surface area contributed by atoms with Crippen LogP contribution in [-0.4, -0.2) is 51.9 Å². The molecule has 6 nitrogen and oxygen atoms in total. The molecule has 0 N–H and O–H groups in total. The van der Waals surface area contributed by atoms with Crippen LogP contribution < -0.4 is 0 Å². The van der Waals surface area contributed by atoms with Gasteiger partial charge < -0.3 is 4.90 Å². The Balaban J connectivity index is 0.00000306. The molecular weight excluding hydrogens is 455 g/mol.